The van der Waals surface area contributed by atoms with E-state index in [2.05, 4.69) is 15.2 Å². The minimum absolute atomic E-state index is 0.618. The second kappa shape index (κ2) is 1.25. The highest BCUT2D eigenvalue weighted by Gasteiger charge is 1.98. The summed E-state index contributed by atoms with van der Waals surface area (Å²) in [6, 6.07) is 0. The van der Waals surface area contributed by atoms with Gasteiger partial charge in [-0.3, -0.25) is 0 Å². The molecule has 0 fully saturated rings. The maximum atomic E-state index is 5.47. The first-order valence-electron chi connectivity index (χ1n) is 2.51. The highest BCUT2D eigenvalue weighted by atomic mass is 15.4. The number of fused-ring (bicyclic) bond motifs is 1. The van der Waals surface area contributed by atoms with Crippen LogP contribution in [-0.4, -0.2) is 19.8 Å². The van der Waals surface area contributed by atoms with Crippen molar-refractivity contribution in [3.05, 3.63) is 12.5 Å². The van der Waals surface area contributed by atoms with Gasteiger partial charge in [0.25, 0.3) is 0 Å². The van der Waals surface area contributed by atoms with Crippen molar-refractivity contribution >= 4 is 11.3 Å². The Hall–Kier alpha value is -1.52. The van der Waals surface area contributed by atoms with Crippen LogP contribution in [0.15, 0.2) is 12.5 Å². The van der Waals surface area contributed by atoms with Crippen LogP contribution in [0.5, 0.6) is 0 Å². The van der Waals surface area contributed by atoms with Crippen LogP contribution in [0.3, 0.4) is 0 Å². The topological polar surface area (TPSA) is 72.0 Å². The fraction of sp³-hybridized carbons (Fsp3) is 0. The maximum Gasteiger partial charge on any atom is 0.178 e. The van der Waals surface area contributed by atoms with Gasteiger partial charge in [0.1, 0.15) is 6.33 Å². The van der Waals surface area contributed by atoms with E-state index in [1.54, 1.807) is 12.5 Å². The highest BCUT2D eigenvalue weighted by molar-refractivity contribution is 5.61. The Morgan fingerprint density at radius 1 is 1.56 bits per heavy atom. The molecule has 0 bridgehead atoms. The molecule has 0 atom stereocenters. The molecule has 0 spiro atoms. The molecular weight excluding hydrogens is 118 g/mol. The zero-order valence-electron chi connectivity index (χ0n) is 4.57. The number of hydrogen-bond acceptors (Lipinski definition) is 3. The predicted molar refractivity (Wildman–Crippen MR) is 31.8 cm³/mol. The molecule has 0 saturated carbocycles. The Balaban J connectivity index is 2.99. The number of hydrogen-bond donors (Lipinski definition) is 2. The van der Waals surface area contributed by atoms with Crippen LogP contribution in [0, 0.1) is 0 Å². The van der Waals surface area contributed by atoms with Crippen LogP contribution in [-0.2, 0) is 0 Å². The summed E-state index contributed by atoms with van der Waals surface area (Å²) < 4.78 is 1.44. The first-order valence-corrected chi connectivity index (χ1v) is 2.51. The zero-order valence-corrected chi connectivity index (χ0v) is 4.57. The van der Waals surface area contributed by atoms with E-state index in [4.69, 9.17) is 5.73 Å². The highest BCUT2D eigenvalue weighted by Crippen LogP contribution is 2.05. The van der Waals surface area contributed by atoms with Gasteiger partial charge in [-0.1, -0.05) is 0 Å². The molecule has 46 valence electrons. The fourth-order valence-electron chi connectivity index (χ4n) is 0.725. The van der Waals surface area contributed by atoms with Gasteiger partial charge in [0.2, 0.25) is 0 Å². The van der Waals surface area contributed by atoms with E-state index in [1.807, 2.05) is 0 Å². The third-order valence-corrected chi connectivity index (χ3v) is 1.15. The summed E-state index contributed by atoms with van der Waals surface area (Å²) in [5.74, 6) is 0. The normalized spacial score (nSPS) is 10.7. The number of nitrogens with zero attached hydrogens (tertiary/aromatic N) is 3. The van der Waals surface area contributed by atoms with Crippen molar-refractivity contribution in [3.63, 3.8) is 0 Å². The fourth-order valence-corrected chi connectivity index (χ4v) is 0.725. The summed E-state index contributed by atoms with van der Waals surface area (Å²) in [4.78, 5) is 2.83. The van der Waals surface area contributed by atoms with E-state index in [-0.39, 0.29) is 0 Å². The van der Waals surface area contributed by atoms with E-state index in [1.165, 1.54) is 4.63 Å². The number of rotatable bonds is 0. The molecular formula is C4H5N5. The van der Waals surface area contributed by atoms with E-state index in [0.29, 0.717) is 5.69 Å². The van der Waals surface area contributed by atoms with Crippen LogP contribution >= 0.6 is 0 Å². The van der Waals surface area contributed by atoms with Crippen molar-refractivity contribution in [1.82, 2.24) is 19.8 Å². The summed E-state index contributed by atoms with van der Waals surface area (Å²) in [5, 5.41) is 7.64. The molecule has 0 aliphatic rings. The van der Waals surface area contributed by atoms with Crippen molar-refractivity contribution < 1.29 is 0 Å². The first-order chi connectivity index (χ1) is 4.38. The first kappa shape index (κ1) is 4.37. The molecule has 0 aromatic carbocycles. The molecule has 5 nitrogen and oxygen atoms in total. The quantitative estimate of drug-likeness (QED) is 0.502. The van der Waals surface area contributed by atoms with Crippen molar-refractivity contribution in [2.75, 3.05) is 5.73 Å². The predicted octanol–water partition coefficient (Wildman–Crippen LogP) is -0.360. The Labute approximate surface area is 50.5 Å². The Kier molecular flexibility index (Phi) is 0.606. The van der Waals surface area contributed by atoms with Gasteiger partial charge in [-0.15, -0.1) is 9.73 Å². The van der Waals surface area contributed by atoms with Crippen molar-refractivity contribution in [1.29, 1.82) is 0 Å². The van der Waals surface area contributed by atoms with E-state index in [0.717, 1.165) is 5.65 Å². The van der Waals surface area contributed by atoms with Crippen molar-refractivity contribution in [2.24, 2.45) is 0 Å². The van der Waals surface area contributed by atoms with Crippen LogP contribution < -0.4 is 5.73 Å². The van der Waals surface area contributed by atoms with Gasteiger partial charge in [-0.2, -0.15) is 5.10 Å². The molecule has 2 heterocycles. The lowest BCUT2D eigenvalue weighted by molar-refractivity contribution is 0.821. The zero-order chi connectivity index (χ0) is 6.27. The number of nitrogen functional groups attached to an aromatic ring is 1. The van der Waals surface area contributed by atoms with E-state index >= 15 is 0 Å². The molecule has 2 aromatic rings. The largest absolute Gasteiger partial charge is 0.394 e. The smallest absolute Gasteiger partial charge is 0.178 e. The third-order valence-electron chi connectivity index (χ3n) is 1.15. The lowest BCUT2D eigenvalue weighted by Crippen LogP contribution is -1.84. The Morgan fingerprint density at radius 3 is 3.22 bits per heavy atom. The van der Waals surface area contributed by atoms with Gasteiger partial charge in [-0.25, -0.2) is 0 Å². The number of nitrogens with one attached hydrogen (secondary N) is 1. The second-order valence-electron chi connectivity index (χ2n) is 1.73. The minimum Gasteiger partial charge on any atom is -0.394 e. The summed E-state index contributed by atoms with van der Waals surface area (Å²) >= 11 is 0. The Morgan fingerprint density at radius 2 is 2.44 bits per heavy atom. The number of aromatic amines is 1. The molecule has 0 amide bonds. The van der Waals surface area contributed by atoms with Crippen LogP contribution in [0.4, 0.5) is 5.69 Å². The molecule has 0 aliphatic heterocycles. The molecule has 0 aliphatic carbocycles. The molecule has 3 N–H and O–H groups in total. The van der Waals surface area contributed by atoms with Crippen molar-refractivity contribution in [2.45, 2.75) is 0 Å². The van der Waals surface area contributed by atoms with Crippen LogP contribution in [0.1, 0.15) is 0 Å². The number of aromatic nitrogens is 4. The van der Waals surface area contributed by atoms with E-state index in [9.17, 15) is 0 Å². The standard InChI is InChI=1S/C4H5N5/c5-3-1-7-9-4(3)6-2-8-9/h1-2H,5H2,(H,6,8). The molecule has 9 heavy (non-hydrogen) atoms. The average molecular weight is 123 g/mol. The van der Waals surface area contributed by atoms with Gasteiger partial charge in [0.15, 0.2) is 5.65 Å². The van der Waals surface area contributed by atoms with Crippen LogP contribution in [0.25, 0.3) is 5.65 Å². The maximum absolute atomic E-state index is 5.47. The monoisotopic (exact) mass is 123 g/mol. The Bertz CT molecular complexity index is 318. The van der Waals surface area contributed by atoms with Gasteiger partial charge in [0, 0.05) is 0 Å². The van der Waals surface area contributed by atoms with Crippen LogP contribution in [0.2, 0.25) is 0 Å². The molecule has 0 saturated heterocycles. The number of H-pyrrole nitrogens is 1. The molecule has 2 rings (SSSR count). The molecule has 5 heteroatoms. The van der Waals surface area contributed by atoms with Gasteiger partial charge in [-0.05, 0) is 0 Å². The average Bonchev–Trinajstić information content (AvgIpc) is 2.35. The molecule has 0 radical (unpaired) electrons. The van der Waals surface area contributed by atoms with Crippen molar-refractivity contribution in [3.8, 4) is 0 Å². The third kappa shape index (κ3) is 0.426. The summed E-state index contributed by atoms with van der Waals surface area (Å²) in [5.41, 5.74) is 6.83. The van der Waals surface area contributed by atoms with Gasteiger partial charge >= 0.3 is 0 Å². The lowest BCUT2D eigenvalue weighted by atomic mass is 10.6. The molecule has 0 unspecified atom stereocenters. The summed E-state index contributed by atoms with van der Waals surface area (Å²) in [7, 11) is 0. The summed E-state index contributed by atoms with van der Waals surface area (Å²) in [6.45, 7) is 0. The molecule has 2 aromatic heterocycles. The SMILES string of the molecule is Nc1cnn2nc[nH]c12. The van der Waals surface area contributed by atoms with Gasteiger partial charge in [0.05, 0.1) is 11.9 Å². The van der Waals surface area contributed by atoms with E-state index < -0.39 is 0 Å². The number of nitrogens with two attached hydrogens (primary N) is 1. The lowest BCUT2D eigenvalue weighted by Gasteiger charge is -1.76. The summed E-state index contributed by atoms with van der Waals surface area (Å²) in [6.07, 6.45) is 3.09. The second-order valence-corrected chi connectivity index (χ2v) is 1.73. The minimum atomic E-state index is 0.618. The number of anilines is 1. The van der Waals surface area contributed by atoms with Gasteiger partial charge < -0.3 is 10.7 Å².